The number of aliphatic hydroxyl groups is 1. The number of likely N-dealkylation sites (tertiary alicyclic amines) is 1. The van der Waals surface area contributed by atoms with E-state index in [9.17, 15) is 14.7 Å². The van der Waals surface area contributed by atoms with Crippen molar-refractivity contribution in [2.45, 2.75) is 44.4 Å². The van der Waals surface area contributed by atoms with E-state index >= 15 is 0 Å². The molecule has 20 heavy (non-hydrogen) atoms. The highest BCUT2D eigenvalue weighted by molar-refractivity contribution is 5.89. The second kappa shape index (κ2) is 5.33. The molecule has 6 nitrogen and oxygen atoms in total. The summed E-state index contributed by atoms with van der Waals surface area (Å²) in [4.78, 5) is 28.2. The van der Waals surface area contributed by atoms with Crippen molar-refractivity contribution in [1.82, 2.24) is 9.80 Å². The summed E-state index contributed by atoms with van der Waals surface area (Å²) in [5.74, 6) is -0.0655. The maximum absolute atomic E-state index is 12.6. The van der Waals surface area contributed by atoms with Crippen molar-refractivity contribution in [3.05, 3.63) is 0 Å². The van der Waals surface area contributed by atoms with Gasteiger partial charge in [-0.3, -0.25) is 9.59 Å². The molecule has 3 rings (SSSR count). The minimum atomic E-state index is -0.299. The number of ether oxygens (including phenoxy) is 1. The first kappa shape index (κ1) is 13.8. The second-order valence-electron chi connectivity index (χ2n) is 6.16. The van der Waals surface area contributed by atoms with Crippen molar-refractivity contribution >= 4 is 11.8 Å². The van der Waals surface area contributed by atoms with E-state index in [1.807, 2.05) is 11.8 Å². The molecule has 6 heteroatoms. The quantitative estimate of drug-likeness (QED) is 0.765. The average molecular weight is 282 g/mol. The van der Waals surface area contributed by atoms with Gasteiger partial charge in [0.2, 0.25) is 11.8 Å². The molecule has 3 fully saturated rings. The molecule has 3 atom stereocenters. The number of amides is 2. The molecule has 0 aromatic rings. The predicted molar refractivity (Wildman–Crippen MR) is 70.8 cm³/mol. The zero-order chi connectivity index (χ0) is 14.3. The van der Waals surface area contributed by atoms with E-state index in [0.29, 0.717) is 32.2 Å². The van der Waals surface area contributed by atoms with Gasteiger partial charge in [0, 0.05) is 25.6 Å². The van der Waals surface area contributed by atoms with E-state index in [2.05, 4.69) is 0 Å². The summed E-state index contributed by atoms with van der Waals surface area (Å²) in [6, 6.07) is 0.392. The number of nitrogens with zero attached hydrogens (tertiary/aromatic N) is 2. The van der Waals surface area contributed by atoms with Crippen molar-refractivity contribution in [2.75, 3.05) is 26.3 Å². The summed E-state index contributed by atoms with van der Waals surface area (Å²) >= 11 is 0. The molecule has 2 aliphatic heterocycles. The molecule has 0 spiro atoms. The van der Waals surface area contributed by atoms with Gasteiger partial charge in [0.25, 0.3) is 0 Å². The molecular formula is C14H22N2O4. The molecule has 3 aliphatic rings. The Bertz CT molecular complexity index is 410. The van der Waals surface area contributed by atoms with Gasteiger partial charge in [0.1, 0.15) is 0 Å². The smallest absolute Gasteiger partial charge is 0.228 e. The summed E-state index contributed by atoms with van der Waals surface area (Å²) < 4.78 is 5.45. The highest BCUT2D eigenvalue weighted by atomic mass is 16.5. The van der Waals surface area contributed by atoms with Crippen LogP contribution >= 0.6 is 0 Å². The molecule has 1 N–H and O–H groups in total. The molecular weight excluding hydrogens is 260 g/mol. The summed E-state index contributed by atoms with van der Waals surface area (Å²) in [6.07, 6.45) is 2.19. The molecule has 1 saturated carbocycles. The zero-order valence-corrected chi connectivity index (χ0v) is 11.8. The number of aliphatic hydroxyl groups excluding tert-OH is 1. The Balaban J connectivity index is 1.64. The Hall–Kier alpha value is -1.14. The lowest BCUT2D eigenvalue weighted by Gasteiger charge is -2.38. The third-order valence-corrected chi connectivity index (χ3v) is 4.49. The average Bonchev–Trinajstić information content (AvgIpc) is 3.21. The maximum atomic E-state index is 12.6. The minimum absolute atomic E-state index is 0.00961. The Kier molecular flexibility index (Phi) is 3.69. The van der Waals surface area contributed by atoms with Crippen LogP contribution in [0.5, 0.6) is 0 Å². The molecule has 0 aromatic heterocycles. The van der Waals surface area contributed by atoms with Crippen LogP contribution in [0.25, 0.3) is 0 Å². The largest absolute Gasteiger partial charge is 0.394 e. The van der Waals surface area contributed by atoms with Gasteiger partial charge in [-0.15, -0.1) is 0 Å². The van der Waals surface area contributed by atoms with Crippen LogP contribution in [-0.2, 0) is 14.3 Å². The number of hydrogen-bond acceptors (Lipinski definition) is 4. The molecule has 1 aliphatic carbocycles. The van der Waals surface area contributed by atoms with Crippen LogP contribution in [0.2, 0.25) is 0 Å². The topological polar surface area (TPSA) is 70.1 Å². The van der Waals surface area contributed by atoms with E-state index in [1.165, 1.54) is 0 Å². The molecule has 2 amide bonds. The highest BCUT2D eigenvalue weighted by Gasteiger charge is 2.44. The van der Waals surface area contributed by atoms with Crippen molar-refractivity contribution in [2.24, 2.45) is 5.92 Å². The van der Waals surface area contributed by atoms with Gasteiger partial charge in [-0.2, -0.15) is 0 Å². The van der Waals surface area contributed by atoms with Crippen molar-refractivity contribution in [3.63, 3.8) is 0 Å². The fourth-order valence-corrected chi connectivity index (χ4v) is 3.11. The second-order valence-corrected chi connectivity index (χ2v) is 6.16. The summed E-state index contributed by atoms with van der Waals surface area (Å²) in [6.45, 7) is 3.31. The first-order valence-electron chi connectivity index (χ1n) is 7.42. The van der Waals surface area contributed by atoms with Crippen LogP contribution in [0.3, 0.4) is 0 Å². The van der Waals surface area contributed by atoms with Crippen molar-refractivity contribution in [1.29, 1.82) is 0 Å². The maximum Gasteiger partial charge on any atom is 0.228 e. The number of carbonyl (C=O) groups excluding carboxylic acids is 2. The number of hydrogen-bond donors (Lipinski definition) is 1. The van der Waals surface area contributed by atoms with Gasteiger partial charge in [0.05, 0.1) is 31.3 Å². The van der Waals surface area contributed by atoms with E-state index in [1.54, 1.807) is 4.90 Å². The Morgan fingerprint density at radius 2 is 2.15 bits per heavy atom. The fourth-order valence-electron chi connectivity index (χ4n) is 3.11. The van der Waals surface area contributed by atoms with Gasteiger partial charge in [-0.1, -0.05) is 0 Å². The predicted octanol–water partition coefficient (Wildman–Crippen LogP) is -0.394. The summed E-state index contributed by atoms with van der Waals surface area (Å²) in [5.41, 5.74) is 0. The third kappa shape index (κ3) is 2.54. The van der Waals surface area contributed by atoms with E-state index < -0.39 is 0 Å². The monoisotopic (exact) mass is 282 g/mol. The highest BCUT2D eigenvalue weighted by Crippen LogP contribution is 2.33. The van der Waals surface area contributed by atoms with Gasteiger partial charge in [-0.25, -0.2) is 0 Å². The molecule has 0 radical (unpaired) electrons. The molecule has 0 bridgehead atoms. The lowest BCUT2D eigenvalue weighted by atomic mass is 10.0. The van der Waals surface area contributed by atoms with Crippen LogP contribution in [0.4, 0.5) is 0 Å². The van der Waals surface area contributed by atoms with E-state index in [0.717, 1.165) is 12.8 Å². The van der Waals surface area contributed by atoms with Crippen molar-refractivity contribution < 1.29 is 19.4 Å². The summed E-state index contributed by atoms with van der Waals surface area (Å²) in [7, 11) is 0. The number of morpholine rings is 1. The molecule has 2 saturated heterocycles. The van der Waals surface area contributed by atoms with Gasteiger partial charge >= 0.3 is 0 Å². The molecule has 0 aromatic carbocycles. The zero-order valence-electron chi connectivity index (χ0n) is 11.8. The summed E-state index contributed by atoms with van der Waals surface area (Å²) in [5, 5.41) is 9.18. The normalized spacial score (nSPS) is 34.7. The Labute approximate surface area is 118 Å². The van der Waals surface area contributed by atoms with Crippen molar-refractivity contribution in [3.8, 4) is 0 Å². The van der Waals surface area contributed by atoms with Gasteiger partial charge < -0.3 is 19.6 Å². The van der Waals surface area contributed by atoms with Crippen LogP contribution in [0.1, 0.15) is 26.2 Å². The molecule has 2 heterocycles. The minimum Gasteiger partial charge on any atom is -0.394 e. The first-order chi connectivity index (χ1) is 9.60. The SMILES string of the molecule is CC1COC(CO)CN1C(=O)C1CC(=O)N(C2CC2)C1. The van der Waals surface area contributed by atoms with Crippen LogP contribution in [-0.4, -0.2) is 71.2 Å². The van der Waals surface area contributed by atoms with Gasteiger partial charge in [0.15, 0.2) is 0 Å². The Morgan fingerprint density at radius 3 is 2.80 bits per heavy atom. The molecule has 3 unspecified atom stereocenters. The lowest BCUT2D eigenvalue weighted by molar-refractivity contribution is -0.150. The van der Waals surface area contributed by atoms with Crippen LogP contribution in [0.15, 0.2) is 0 Å². The third-order valence-electron chi connectivity index (χ3n) is 4.49. The molecule has 112 valence electrons. The number of rotatable bonds is 3. The Morgan fingerprint density at radius 1 is 1.40 bits per heavy atom. The van der Waals surface area contributed by atoms with E-state index in [4.69, 9.17) is 4.74 Å². The van der Waals surface area contributed by atoms with Crippen LogP contribution < -0.4 is 0 Å². The number of carbonyl (C=O) groups is 2. The van der Waals surface area contributed by atoms with E-state index in [-0.39, 0.29) is 36.5 Å². The van der Waals surface area contributed by atoms with Crippen LogP contribution in [0, 0.1) is 5.92 Å². The fraction of sp³-hybridized carbons (Fsp3) is 0.857. The standard InChI is InChI=1S/C14H22N2O4/c1-9-8-20-12(7-17)6-15(9)14(19)10-4-13(18)16(5-10)11-2-3-11/h9-12,17H,2-8H2,1H3. The van der Waals surface area contributed by atoms with Gasteiger partial charge in [-0.05, 0) is 19.8 Å². The lowest BCUT2D eigenvalue weighted by Crippen LogP contribution is -2.53. The first-order valence-corrected chi connectivity index (χ1v) is 7.42.